The molecule has 5 aliphatic rings. The Morgan fingerprint density at radius 2 is 1.75 bits per heavy atom. The van der Waals surface area contributed by atoms with Crippen molar-refractivity contribution in [3.8, 4) is 0 Å². The number of nitrogens with one attached hydrogen (secondary N) is 2. The van der Waals surface area contributed by atoms with Crippen molar-refractivity contribution >= 4 is 5.91 Å². The minimum atomic E-state index is -0.0207. The minimum absolute atomic E-state index is 0.0207. The average Bonchev–Trinajstić information content (AvgIpc) is 3.08. The van der Waals surface area contributed by atoms with E-state index in [1.54, 1.807) is 0 Å². The molecule has 6 heteroatoms. The summed E-state index contributed by atoms with van der Waals surface area (Å²) in [6.07, 6.45) is 10.7. The molecule has 1 aromatic heterocycles. The number of piperidine rings is 1. The number of hydrogen-bond acceptors (Lipinski definition) is 4. The molecule has 1 saturated heterocycles. The maximum atomic E-state index is 12.7. The van der Waals surface area contributed by atoms with Crippen LogP contribution in [-0.2, 0) is 0 Å². The van der Waals surface area contributed by atoms with Crippen LogP contribution < -0.4 is 10.6 Å². The molecular weight excluding hydrogens is 302 g/mol. The first-order valence-electron chi connectivity index (χ1n) is 9.69. The zero-order valence-corrected chi connectivity index (χ0v) is 14.2. The van der Waals surface area contributed by atoms with E-state index in [0.29, 0.717) is 29.6 Å². The normalized spacial score (nSPS) is 38.4. The van der Waals surface area contributed by atoms with Crippen LogP contribution in [-0.4, -0.2) is 40.0 Å². The van der Waals surface area contributed by atoms with E-state index < -0.39 is 0 Å². The van der Waals surface area contributed by atoms with E-state index in [1.807, 2.05) is 10.9 Å². The molecule has 0 aromatic carbocycles. The van der Waals surface area contributed by atoms with Crippen LogP contribution in [0.1, 0.15) is 61.5 Å². The minimum Gasteiger partial charge on any atom is -0.347 e. The summed E-state index contributed by atoms with van der Waals surface area (Å²) < 4.78 is 1.90. The topological polar surface area (TPSA) is 71.8 Å². The Morgan fingerprint density at radius 1 is 1.08 bits per heavy atom. The van der Waals surface area contributed by atoms with Gasteiger partial charge in [-0.3, -0.25) is 4.79 Å². The highest BCUT2D eigenvalue weighted by Gasteiger charge is 2.48. The Bertz CT molecular complexity index is 593. The Hall–Kier alpha value is -1.43. The van der Waals surface area contributed by atoms with E-state index in [9.17, 15) is 4.79 Å². The molecule has 1 aromatic rings. The van der Waals surface area contributed by atoms with Gasteiger partial charge in [-0.1, -0.05) is 5.21 Å². The van der Waals surface area contributed by atoms with Gasteiger partial charge in [0.05, 0.1) is 12.2 Å². The molecular formula is C18H27N5O. The van der Waals surface area contributed by atoms with Gasteiger partial charge in [-0.2, -0.15) is 0 Å². The van der Waals surface area contributed by atoms with E-state index in [1.165, 1.54) is 32.1 Å². The highest BCUT2D eigenvalue weighted by molar-refractivity contribution is 5.92. The highest BCUT2D eigenvalue weighted by Crippen LogP contribution is 2.53. The predicted molar refractivity (Wildman–Crippen MR) is 89.5 cm³/mol. The second-order valence-corrected chi connectivity index (χ2v) is 8.49. The average molecular weight is 329 g/mol. The summed E-state index contributed by atoms with van der Waals surface area (Å²) in [5, 5.41) is 15.1. The quantitative estimate of drug-likeness (QED) is 0.886. The Balaban J connectivity index is 1.26. The zero-order chi connectivity index (χ0) is 16.1. The van der Waals surface area contributed by atoms with Gasteiger partial charge in [-0.05, 0) is 81.7 Å². The fourth-order valence-electron chi connectivity index (χ4n) is 6.02. The fourth-order valence-corrected chi connectivity index (χ4v) is 6.02. The number of carbonyl (C=O) groups excluding carboxylic acids is 1. The molecule has 4 aliphatic carbocycles. The smallest absolute Gasteiger partial charge is 0.273 e. The van der Waals surface area contributed by atoms with Crippen molar-refractivity contribution in [3.63, 3.8) is 0 Å². The zero-order valence-electron chi connectivity index (χ0n) is 14.2. The molecule has 130 valence electrons. The second kappa shape index (κ2) is 5.83. The van der Waals surface area contributed by atoms with Crippen LogP contribution in [0.25, 0.3) is 0 Å². The standard InChI is InChI=1S/C18H27N5O/c24-18(16-10-23(22-21-16)15-1-3-19-4-2-15)20-17-13-6-11-5-12(8-13)9-14(17)7-11/h10-15,17,19H,1-9H2,(H,20,24). The molecule has 0 spiro atoms. The number of nitrogens with zero attached hydrogens (tertiary/aromatic N) is 3. The number of aromatic nitrogens is 3. The third-order valence-corrected chi connectivity index (χ3v) is 6.95. The van der Waals surface area contributed by atoms with Crippen molar-refractivity contribution in [2.75, 3.05) is 13.1 Å². The molecule has 6 nitrogen and oxygen atoms in total. The molecule has 2 heterocycles. The van der Waals surface area contributed by atoms with Crippen molar-refractivity contribution < 1.29 is 4.79 Å². The van der Waals surface area contributed by atoms with Gasteiger partial charge in [0.1, 0.15) is 0 Å². The Morgan fingerprint density at radius 3 is 2.42 bits per heavy atom. The molecule has 1 aliphatic heterocycles. The summed E-state index contributed by atoms with van der Waals surface area (Å²) in [6.45, 7) is 2.03. The van der Waals surface area contributed by atoms with Crippen LogP contribution in [0, 0.1) is 23.7 Å². The van der Waals surface area contributed by atoms with E-state index in [-0.39, 0.29) is 5.91 Å². The molecule has 0 unspecified atom stereocenters. The largest absolute Gasteiger partial charge is 0.347 e. The third kappa shape index (κ3) is 2.55. The highest BCUT2D eigenvalue weighted by atomic mass is 16.2. The Kier molecular flexibility index (Phi) is 3.61. The van der Waals surface area contributed by atoms with Crippen molar-refractivity contribution in [2.45, 2.75) is 57.0 Å². The number of hydrogen-bond donors (Lipinski definition) is 2. The summed E-state index contributed by atoms with van der Waals surface area (Å²) >= 11 is 0. The SMILES string of the molecule is O=C(NC1C2CC3CC(C2)CC1C3)c1cn(C2CCNCC2)nn1. The van der Waals surface area contributed by atoms with Gasteiger partial charge in [0.2, 0.25) is 0 Å². The van der Waals surface area contributed by atoms with Crippen LogP contribution in [0.2, 0.25) is 0 Å². The van der Waals surface area contributed by atoms with Gasteiger partial charge in [0.25, 0.3) is 5.91 Å². The lowest BCUT2D eigenvalue weighted by atomic mass is 9.54. The van der Waals surface area contributed by atoms with Crippen molar-refractivity contribution in [2.24, 2.45) is 23.7 Å². The molecule has 5 fully saturated rings. The molecule has 2 N–H and O–H groups in total. The molecule has 0 atom stereocenters. The van der Waals surface area contributed by atoms with Gasteiger partial charge in [-0.15, -0.1) is 5.10 Å². The number of carbonyl (C=O) groups is 1. The summed E-state index contributed by atoms with van der Waals surface area (Å²) in [4.78, 5) is 12.7. The van der Waals surface area contributed by atoms with Crippen molar-refractivity contribution in [3.05, 3.63) is 11.9 Å². The van der Waals surface area contributed by atoms with Crippen molar-refractivity contribution in [1.29, 1.82) is 0 Å². The molecule has 4 bridgehead atoms. The van der Waals surface area contributed by atoms with Gasteiger partial charge in [0.15, 0.2) is 5.69 Å². The lowest BCUT2D eigenvalue weighted by Gasteiger charge is -2.54. The molecule has 0 radical (unpaired) electrons. The fraction of sp³-hybridized carbons (Fsp3) is 0.833. The predicted octanol–water partition coefficient (Wildman–Crippen LogP) is 1.76. The number of amides is 1. The Labute approximate surface area is 142 Å². The van der Waals surface area contributed by atoms with Crippen LogP contribution in [0.4, 0.5) is 0 Å². The first-order valence-corrected chi connectivity index (χ1v) is 9.69. The van der Waals surface area contributed by atoms with E-state index in [4.69, 9.17) is 0 Å². The van der Waals surface area contributed by atoms with Gasteiger partial charge in [-0.25, -0.2) is 4.68 Å². The van der Waals surface area contributed by atoms with E-state index in [0.717, 1.165) is 37.8 Å². The van der Waals surface area contributed by atoms with Crippen LogP contribution in [0.15, 0.2) is 6.20 Å². The maximum Gasteiger partial charge on any atom is 0.273 e. The van der Waals surface area contributed by atoms with Gasteiger partial charge < -0.3 is 10.6 Å². The first kappa shape index (κ1) is 14.9. The van der Waals surface area contributed by atoms with Crippen molar-refractivity contribution in [1.82, 2.24) is 25.6 Å². The number of rotatable bonds is 3. The summed E-state index contributed by atoms with van der Waals surface area (Å²) in [5.41, 5.74) is 0.488. The monoisotopic (exact) mass is 329 g/mol. The van der Waals surface area contributed by atoms with Crippen LogP contribution in [0.5, 0.6) is 0 Å². The van der Waals surface area contributed by atoms with Crippen LogP contribution >= 0.6 is 0 Å². The van der Waals surface area contributed by atoms with E-state index >= 15 is 0 Å². The molecule has 24 heavy (non-hydrogen) atoms. The maximum absolute atomic E-state index is 12.7. The van der Waals surface area contributed by atoms with E-state index in [2.05, 4.69) is 20.9 Å². The lowest BCUT2D eigenvalue weighted by Crippen LogP contribution is -2.55. The van der Waals surface area contributed by atoms with Gasteiger partial charge >= 0.3 is 0 Å². The molecule has 4 saturated carbocycles. The van der Waals surface area contributed by atoms with Crippen LogP contribution in [0.3, 0.4) is 0 Å². The lowest BCUT2D eigenvalue weighted by molar-refractivity contribution is -0.0120. The summed E-state index contributed by atoms with van der Waals surface area (Å²) in [6, 6.07) is 0.746. The summed E-state index contributed by atoms with van der Waals surface area (Å²) in [5.74, 6) is 3.24. The molecule has 6 rings (SSSR count). The van der Waals surface area contributed by atoms with Gasteiger partial charge in [0, 0.05) is 6.04 Å². The first-order chi connectivity index (χ1) is 11.8. The summed E-state index contributed by atoms with van der Waals surface area (Å²) in [7, 11) is 0. The second-order valence-electron chi connectivity index (χ2n) is 8.49. The third-order valence-electron chi connectivity index (χ3n) is 6.95. The molecule has 1 amide bonds.